The van der Waals surface area contributed by atoms with E-state index in [2.05, 4.69) is 15.6 Å². The fourth-order valence-corrected chi connectivity index (χ4v) is 3.77. The predicted molar refractivity (Wildman–Crippen MR) is 124 cm³/mol. The summed E-state index contributed by atoms with van der Waals surface area (Å²) in [4.78, 5) is 43.6. The van der Waals surface area contributed by atoms with Crippen LogP contribution >= 0.6 is 11.3 Å². The van der Waals surface area contributed by atoms with Crippen molar-refractivity contribution in [2.75, 3.05) is 18.4 Å². The largest absolute Gasteiger partial charge is 0.351 e. The molecule has 0 fully saturated rings. The van der Waals surface area contributed by atoms with Crippen molar-refractivity contribution in [1.82, 2.24) is 15.2 Å². The molecule has 0 spiro atoms. The van der Waals surface area contributed by atoms with Crippen molar-refractivity contribution >= 4 is 34.2 Å². The lowest BCUT2D eigenvalue weighted by atomic mass is 10.1. The van der Waals surface area contributed by atoms with Gasteiger partial charge in [0.25, 0.3) is 5.91 Å². The monoisotopic (exact) mass is 444 g/mol. The summed E-state index contributed by atoms with van der Waals surface area (Å²) in [6.45, 7) is 12.0. The zero-order chi connectivity index (χ0) is 23.2. The number of carbonyl (C=O) groups excluding carboxylic acids is 3. The van der Waals surface area contributed by atoms with Crippen molar-refractivity contribution in [2.45, 2.75) is 53.5 Å². The van der Waals surface area contributed by atoms with Crippen LogP contribution in [0.15, 0.2) is 29.6 Å². The van der Waals surface area contributed by atoms with Crippen LogP contribution in [0.3, 0.4) is 0 Å². The maximum absolute atomic E-state index is 13.0. The Kier molecular flexibility index (Phi) is 8.33. The Balaban J connectivity index is 2.02. The molecule has 168 valence electrons. The van der Waals surface area contributed by atoms with Crippen molar-refractivity contribution in [3.63, 3.8) is 0 Å². The Morgan fingerprint density at radius 3 is 2.42 bits per heavy atom. The first-order valence-corrected chi connectivity index (χ1v) is 11.2. The van der Waals surface area contributed by atoms with Gasteiger partial charge in [0.1, 0.15) is 6.54 Å². The van der Waals surface area contributed by atoms with E-state index in [0.29, 0.717) is 22.9 Å². The summed E-state index contributed by atoms with van der Waals surface area (Å²) >= 11 is 1.26. The highest BCUT2D eigenvalue weighted by Gasteiger charge is 2.22. The maximum atomic E-state index is 13.0. The van der Waals surface area contributed by atoms with Crippen LogP contribution in [0.25, 0.3) is 0 Å². The number of nitrogens with zero attached hydrogens (tertiary/aromatic N) is 2. The molecule has 1 heterocycles. The fraction of sp³-hybridized carbons (Fsp3) is 0.478. The molecule has 0 aliphatic heterocycles. The molecule has 0 radical (unpaired) electrons. The van der Waals surface area contributed by atoms with Gasteiger partial charge in [-0.25, -0.2) is 4.98 Å². The minimum atomic E-state index is -0.317. The fourth-order valence-electron chi connectivity index (χ4n) is 3.05. The van der Waals surface area contributed by atoms with Crippen LogP contribution in [0.5, 0.6) is 0 Å². The van der Waals surface area contributed by atoms with Crippen molar-refractivity contribution in [2.24, 2.45) is 5.92 Å². The van der Waals surface area contributed by atoms with E-state index < -0.39 is 0 Å². The van der Waals surface area contributed by atoms with Gasteiger partial charge in [0, 0.05) is 23.0 Å². The molecule has 0 atom stereocenters. The minimum absolute atomic E-state index is 0.0647. The number of amides is 3. The third-order valence-electron chi connectivity index (χ3n) is 4.24. The van der Waals surface area contributed by atoms with Gasteiger partial charge in [-0.15, -0.1) is 11.3 Å². The summed E-state index contributed by atoms with van der Waals surface area (Å²) in [5.74, 6) is -0.389. The molecule has 0 unspecified atom stereocenters. The Morgan fingerprint density at radius 1 is 1.13 bits per heavy atom. The minimum Gasteiger partial charge on any atom is -0.351 e. The lowest BCUT2D eigenvalue weighted by Crippen LogP contribution is -2.41. The molecule has 1 aromatic heterocycles. The van der Waals surface area contributed by atoms with Crippen LogP contribution in [-0.4, -0.2) is 46.2 Å². The number of anilines is 1. The number of nitrogens with one attached hydrogen (secondary N) is 2. The summed E-state index contributed by atoms with van der Waals surface area (Å²) in [6.07, 6.45) is 0.148. The van der Waals surface area contributed by atoms with Crippen LogP contribution in [0, 0.1) is 12.8 Å². The average molecular weight is 445 g/mol. The molecule has 0 saturated heterocycles. The smallest absolute Gasteiger partial charge is 0.254 e. The van der Waals surface area contributed by atoms with Gasteiger partial charge in [0.15, 0.2) is 5.13 Å². The zero-order valence-corrected chi connectivity index (χ0v) is 19.9. The Bertz CT molecular complexity index is 931. The standard InChI is InChI=1S/C23H32N4O3S/c1-15(2)12-27(21(30)18-10-8-7-9-16(18)3)13-20(29)25-22-24-17(14-31-22)11-19(28)26-23(4,5)6/h7-10,14-15H,11-13H2,1-6H3,(H,26,28)(H,24,25,29). The van der Waals surface area contributed by atoms with E-state index in [-0.39, 0.29) is 42.1 Å². The van der Waals surface area contributed by atoms with Crippen LogP contribution in [0.2, 0.25) is 0 Å². The second kappa shape index (κ2) is 10.5. The van der Waals surface area contributed by atoms with Crippen LogP contribution < -0.4 is 10.6 Å². The van der Waals surface area contributed by atoms with E-state index in [4.69, 9.17) is 0 Å². The van der Waals surface area contributed by atoms with Crippen LogP contribution in [-0.2, 0) is 16.0 Å². The molecule has 0 bridgehead atoms. The van der Waals surface area contributed by atoms with Gasteiger partial charge < -0.3 is 15.5 Å². The summed E-state index contributed by atoms with van der Waals surface area (Å²) in [5, 5.41) is 7.81. The topological polar surface area (TPSA) is 91.4 Å². The van der Waals surface area contributed by atoms with Gasteiger partial charge in [0.05, 0.1) is 12.1 Å². The number of hydrogen-bond acceptors (Lipinski definition) is 5. The second-order valence-electron chi connectivity index (χ2n) is 9.06. The molecule has 2 N–H and O–H groups in total. The zero-order valence-electron chi connectivity index (χ0n) is 19.1. The number of carbonyl (C=O) groups is 3. The molecular formula is C23H32N4O3S. The Hall–Kier alpha value is -2.74. The first kappa shape index (κ1) is 24.5. The number of rotatable bonds is 8. The molecule has 1 aromatic carbocycles. The third-order valence-corrected chi connectivity index (χ3v) is 5.04. The number of aromatic nitrogens is 1. The van der Waals surface area contributed by atoms with Gasteiger partial charge in [0.2, 0.25) is 11.8 Å². The average Bonchev–Trinajstić information content (AvgIpc) is 3.05. The molecule has 2 aromatic rings. The summed E-state index contributed by atoms with van der Waals surface area (Å²) in [7, 11) is 0. The van der Waals surface area contributed by atoms with Crippen molar-refractivity contribution < 1.29 is 14.4 Å². The lowest BCUT2D eigenvalue weighted by molar-refractivity contribution is -0.122. The van der Waals surface area contributed by atoms with Gasteiger partial charge in [-0.3, -0.25) is 14.4 Å². The second-order valence-corrected chi connectivity index (χ2v) is 9.92. The van der Waals surface area contributed by atoms with Gasteiger partial charge in [-0.2, -0.15) is 0 Å². The van der Waals surface area contributed by atoms with E-state index >= 15 is 0 Å². The Morgan fingerprint density at radius 2 is 1.81 bits per heavy atom. The maximum Gasteiger partial charge on any atom is 0.254 e. The third kappa shape index (κ3) is 8.13. The van der Waals surface area contributed by atoms with E-state index in [1.54, 1.807) is 16.3 Å². The lowest BCUT2D eigenvalue weighted by Gasteiger charge is -2.24. The van der Waals surface area contributed by atoms with Crippen molar-refractivity contribution in [3.8, 4) is 0 Å². The highest BCUT2D eigenvalue weighted by Crippen LogP contribution is 2.17. The van der Waals surface area contributed by atoms with Crippen LogP contribution in [0.1, 0.15) is 56.2 Å². The van der Waals surface area contributed by atoms with E-state index in [0.717, 1.165) is 5.56 Å². The summed E-state index contributed by atoms with van der Waals surface area (Å²) in [6, 6.07) is 7.36. The molecule has 0 aliphatic rings. The highest BCUT2D eigenvalue weighted by atomic mass is 32.1. The quantitative estimate of drug-likeness (QED) is 0.650. The SMILES string of the molecule is Cc1ccccc1C(=O)N(CC(=O)Nc1nc(CC(=O)NC(C)(C)C)cs1)CC(C)C. The first-order valence-electron chi connectivity index (χ1n) is 10.3. The summed E-state index contributed by atoms with van der Waals surface area (Å²) < 4.78 is 0. The molecule has 0 aliphatic carbocycles. The van der Waals surface area contributed by atoms with Crippen LogP contribution in [0.4, 0.5) is 5.13 Å². The highest BCUT2D eigenvalue weighted by molar-refractivity contribution is 7.13. The van der Waals surface area contributed by atoms with E-state index in [1.807, 2.05) is 59.7 Å². The van der Waals surface area contributed by atoms with Gasteiger partial charge >= 0.3 is 0 Å². The predicted octanol–water partition coefficient (Wildman–Crippen LogP) is 3.65. The van der Waals surface area contributed by atoms with Gasteiger partial charge in [-0.1, -0.05) is 32.0 Å². The number of benzene rings is 1. The molecule has 7 nitrogen and oxygen atoms in total. The molecular weight excluding hydrogens is 412 g/mol. The molecule has 8 heteroatoms. The van der Waals surface area contributed by atoms with Crippen molar-refractivity contribution in [1.29, 1.82) is 0 Å². The first-order chi connectivity index (χ1) is 14.4. The van der Waals surface area contributed by atoms with Gasteiger partial charge in [-0.05, 0) is 45.2 Å². The Labute approximate surface area is 188 Å². The number of hydrogen-bond donors (Lipinski definition) is 2. The van der Waals surface area contributed by atoms with E-state index in [9.17, 15) is 14.4 Å². The normalized spacial score (nSPS) is 11.3. The van der Waals surface area contributed by atoms with E-state index in [1.165, 1.54) is 11.3 Å². The number of thiazole rings is 1. The summed E-state index contributed by atoms with van der Waals surface area (Å²) in [5.41, 5.74) is 1.75. The molecule has 0 saturated carbocycles. The molecule has 31 heavy (non-hydrogen) atoms. The number of aryl methyl sites for hydroxylation is 1. The molecule has 2 rings (SSSR count). The van der Waals surface area contributed by atoms with Crippen molar-refractivity contribution in [3.05, 3.63) is 46.5 Å². The molecule has 3 amide bonds.